The van der Waals surface area contributed by atoms with E-state index in [0.29, 0.717) is 17.1 Å². The van der Waals surface area contributed by atoms with E-state index in [1.54, 1.807) is 31.4 Å². The van der Waals surface area contributed by atoms with Gasteiger partial charge in [0.25, 0.3) is 0 Å². The Morgan fingerprint density at radius 2 is 1.88 bits per heavy atom. The number of hydrogen-bond acceptors (Lipinski definition) is 3. The molecular formula is C21H22O3. The second-order valence-electron chi connectivity index (χ2n) is 6.93. The van der Waals surface area contributed by atoms with Crippen molar-refractivity contribution in [2.24, 2.45) is 5.41 Å². The fourth-order valence-corrected chi connectivity index (χ4v) is 3.26. The lowest BCUT2D eigenvalue weighted by Gasteiger charge is -2.29. The molecule has 0 atom stereocenters. The summed E-state index contributed by atoms with van der Waals surface area (Å²) in [7, 11) is 1.57. The zero-order valence-corrected chi connectivity index (χ0v) is 14.6. The topological polar surface area (TPSA) is 35.5 Å². The molecule has 0 spiro atoms. The minimum absolute atomic E-state index is 0.163. The van der Waals surface area contributed by atoms with Gasteiger partial charge in [-0.1, -0.05) is 32.1 Å². The summed E-state index contributed by atoms with van der Waals surface area (Å²) < 4.78 is 10.7. The van der Waals surface area contributed by atoms with Crippen molar-refractivity contribution in [1.82, 2.24) is 0 Å². The highest BCUT2D eigenvalue weighted by Gasteiger charge is 2.24. The highest BCUT2D eigenvalue weighted by Crippen LogP contribution is 2.37. The fraction of sp³-hybridized carbons (Fsp3) is 0.286. The Kier molecular flexibility index (Phi) is 4.18. The molecule has 3 nitrogen and oxygen atoms in total. The molecule has 1 aliphatic rings. The van der Waals surface area contributed by atoms with Gasteiger partial charge in [-0.3, -0.25) is 0 Å². The molecule has 0 heterocycles. The third kappa shape index (κ3) is 3.35. The van der Waals surface area contributed by atoms with Gasteiger partial charge < -0.3 is 9.47 Å². The van der Waals surface area contributed by atoms with Crippen molar-refractivity contribution in [2.45, 2.75) is 27.2 Å². The monoisotopic (exact) mass is 322 g/mol. The molecule has 2 aromatic carbocycles. The van der Waals surface area contributed by atoms with Crippen LogP contribution in [0.3, 0.4) is 0 Å². The minimum atomic E-state index is -0.383. The van der Waals surface area contributed by atoms with E-state index in [2.05, 4.69) is 32.9 Å². The number of methoxy groups -OCH3 is 1. The normalized spacial score (nSPS) is 15.2. The molecule has 0 saturated heterocycles. The highest BCUT2D eigenvalue weighted by molar-refractivity contribution is 5.91. The summed E-state index contributed by atoms with van der Waals surface area (Å²) in [6, 6.07) is 12.8. The second-order valence-corrected chi connectivity index (χ2v) is 6.93. The van der Waals surface area contributed by atoms with Gasteiger partial charge in [0, 0.05) is 0 Å². The number of carbonyl (C=O) groups excluding carboxylic acids is 1. The van der Waals surface area contributed by atoms with Gasteiger partial charge in [-0.2, -0.15) is 0 Å². The van der Waals surface area contributed by atoms with Crippen LogP contribution in [0.4, 0.5) is 0 Å². The van der Waals surface area contributed by atoms with E-state index in [9.17, 15) is 4.79 Å². The van der Waals surface area contributed by atoms with Crippen LogP contribution in [0.2, 0.25) is 0 Å². The number of rotatable bonds is 3. The molecule has 0 saturated carbocycles. The number of ether oxygens (including phenoxy) is 2. The Labute approximate surface area is 142 Å². The smallest absolute Gasteiger partial charge is 0.343 e. The largest absolute Gasteiger partial charge is 0.497 e. The van der Waals surface area contributed by atoms with Gasteiger partial charge in [-0.15, -0.1) is 0 Å². The van der Waals surface area contributed by atoms with Crippen molar-refractivity contribution in [2.75, 3.05) is 7.11 Å². The number of esters is 1. The SMILES string of the molecule is COc1cccc(C(=O)Oc2ccc3c(c2)C(C)=CC(C)(C)C3)c1. The van der Waals surface area contributed by atoms with Gasteiger partial charge in [0.2, 0.25) is 0 Å². The quantitative estimate of drug-likeness (QED) is 0.595. The molecular weight excluding hydrogens is 300 g/mol. The molecule has 0 aliphatic heterocycles. The molecule has 2 aromatic rings. The van der Waals surface area contributed by atoms with Crippen LogP contribution in [0, 0.1) is 5.41 Å². The summed E-state index contributed by atoms with van der Waals surface area (Å²) in [4.78, 5) is 12.3. The first-order chi connectivity index (χ1) is 11.4. The van der Waals surface area contributed by atoms with E-state index in [0.717, 1.165) is 12.0 Å². The standard InChI is InChI=1S/C21H22O3/c1-14-12-21(2,3)13-16-8-9-18(11-19(14)16)24-20(22)15-6-5-7-17(10-15)23-4/h5-12H,13H2,1-4H3. The summed E-state index contributed by atoms with van der Waals surface area (Å²) in [6.45, 7) is 6.57. The van der Waals surface area contributed by atoms with Crippen LogP contribution >= 0.6 is 0 Å². The van der Waals surface area contributed by atoms with Crippen molar-refractivity contribution < 1.29 is 14.3 Å². The molecule has 0 unspecified atom stereocenters. The lowest BCUT2D eigenvalue weighted by molar-refractivity contribution is 0.0734. The van der Waals surface area contributed by atoms with E-state index in [1.807, 2.05) is 12.1 Å². The van der Waals surface area contributed by atoms with Gasteiger partial charge in [0.15, 0.2) is 0 Å². The van der Waals surface area contributed by atoms with Crippen molar-refractivity contribution in [3.63, 3.8) is 0 Å². The van der Waals surface area contributed by atoms with Crippen molar-refractivity contribution in [1.29, 1.82) is 0 Å². The molecule has 1 aliphatic carbocycles. The van der Waals surface area contributed by atoms with E-state index >= 15 is 0 Å². The summed E-state index contributed by atoms with van der Waals surface area (Å²) in [6.07, 6.45) is 3.27. The molecule has 0 N–H and O–H groups in total. The minimum Gasteiger partial charge on any atom is -0.497 e. The molecule has 124 valence electrons. The van der Waals surface area contributed by atoms with Crippen LogP contribution in [-0.2, 0) is 6.42 Å². The number of carbonyl (C=O) groups is 1. The predicted octanol–water partition coefficient (Wildman–Crippen LogP) is 4.90. The molecule has 0 aromatic heterocycles. The van der Waals surface area contributed by atoms with Gasteiger partial charge in [-0.25, -0.2) is 4.79 Å². The van der Waals surface area contributed by atoms with E-state index in [1.165, 1.54) is 11.1 Å². The third-order valence-electron chi connectivity index (χ3n) is 4.28. The molecule has 3 heteroatoms. The van der Waals surface area contributed by atoms with Crippen LogP contribution in [-0.4, -0.2) is 13.1 Å². The van der Waals surface area contributed by atoms with Crippen molar-refractivity contribution in [3.05, 3.63) is 65.2 Å². The van der Waals surface area contributed by atoms with Crippen LogP contribution in [0.5, 0.6) is 11.5 Å². The maximum Gasteiger partial charge on any atom is 0.343 e. The Hall–Kier alpha value is -2.55. The van der Waals surface area contributed by atoms with Crippen molar-refractivity contribution in [3.8, 4) is 11.5 Å². The zero-order valence-electron chi connectivity index (χ0n) is 14.6. The Bertz CT molecular complexity index is 816. The maximum absolute atomic E-state index is 12.3. The average Bonchev–Trinajstić information content (AvgIpc) is 2.54. The number of benzene rings is 2. The predicted molar refractivity (Wildman–Crippen MR) is 95.5 cm³/mol. The van der Waals surface area contributed by atoms with Gasteiger partial charge in [0.05, 0.1) is 12.7 Å². The Balaban J connectivity index is 1.84. The van der Waals surface area contributed by atoms with Gasteiger partial charge in [-0.05, 0) is 65.8 Å². The molecule has 0 fully saturated rings. The first kappa shape index (κ1) is 16.3. The Morgan fingerprint density at radius 1 is 1.08 bits per heavy atom. The Morgan fingerprint density at radius 3 is 2.62 bits per heavy atom. The molecule has 0 bridgehead atoms. The molecule has 0 amide bonds. The lowest BCUT2D eigenvalue weighted by Crippen LogP contribution is -2.17. The second kappa shape index (κ2) is 6.16. The maximum atomic E-state index is 12.3. The third-order valence-corrected chi connectivity index (χ3v) is 4.28. The number of allylic oxidation sites excluding steroid dienone is 2. The summed E-state index contributed by atoms with van der Waals surface area (Å²) >= 11 is 0. The van der Waals surface area contributed by atoms with E-state index < -0.39 is 0 Å². The number of hydrogen-bond donors (Lipinski definition) is 0. The van der Waals surface area contributed by atoms with Crippen LogP contribution in [0.25, 0.3) is 5.57 Å². The molecule has 0 radical (unpaired) electrons. The lowest BCUT2D eigenvalue weighted by atomic mass is 9.76. The molecule has 24 heavy (non-hydrogen) atoms. The summed E-state index contributed by atoms with van der Waals surface area (Å²) in [5.74, 6) is 0.816. The first-order valence-corrected chi connectivity index (χ1v) is 8.07. The van der Waals surface area contributed by atoms with Crippen LogP contribution < -0.4 is 9.47 Å². The fourth-order valence-electron chi connectivity index (χ4n) is 3.26. The van der Waals surface area contributed by atoms with Crippen molar-refractivity contribution >= 4 is 11.5 Å². The first-order valence-electron chi connectivity index (χ1n) is 8.07. The molecule has 3 rings (SSSR count). The van der Waals surface area contributed by atoms with Gasteiger partial charge in [0.1, 0.15) is 11.5 Å². The summed E-state index contributed by atoms with van der Waals surface area (Å²) in [5, 5.41) is 0. The van der Waals surface area contributed by atoms with E-state index in [-0.39, 0.29) is 11.4 Å². The average molecular weight is 322 g/mol. The number of fused-ring (bicyclic) bond motifs is 1. The van der Waals surface area contributed by atoms with E-state index in [4.69, 9.17) is 9.47 Å². The van der Waals surface area contributed by atoms with Gasteiger partial charge >= 0.3 is 5.97 Å². The zero-order chi connectivity index (χ0) is 17.3. The summed E-state index contributed by atoms with van der Waals surface area (Å²) in [5.41, 5.74) is 4.31. The van der Waals surface area contributed by atoms with Crippen LogP contribution in [0.15, 0.2) is 48.5 Å². The van der Waals surface area contributed by atoms with Crippen LogP contribution in [0.1, 0.15) is 42.3 Å². The highest BCUT2D eigenvalue weighted by atomic mass is 16.5.